The minimum absolute atomic E-state index is 0.504. The van der Waals surface area contributed by atoms with E-state index in [2.05, 4.69) is 78.9 Å². The molecule has 6 aromatic rings. The molecule has 6 rings (SSSR count). The zero-order valence-corrected chi connectivity index (χ0v) is 15.2. The number of hydrogen-bond acceptors (Lipinski definition) is 2. The summed E-state index contributed by atoms with van der Waals surface area (Å²) < 4.78 is 0. The molecule has 28 heavy (non-hydrogen) atoms. The van der Waals surface area contributed by atoms with Gasteiger partial charge in [0.05, 0.1) is 11.4 Å². The molecule has 0 saturated heterocycles. The van der Waals surface area contributed by atoms with Crippen molar-refractivity contribution in [2.75, 3.05) is 11.5 Å². The van der Waals surface area contributed by atoms with Crippen molar-refractivity contribution < 1.29 is 0 Å². The Balaban J connectivity index is 1.74. The molecule has 2 heteroatoms. The first-order chi connectivity index (χ1) is 13.7. The standard InChI is InChI=1S/C26H17N2/c27-25-13-21-10-18-6-5-17-9-19-7-15-3-1-2-4-16(15)8-20(19)11-23(17)24(18)12-22(21)14-26(25)28/h1-13H,27-28H2. The van der Waals surface area contributed by atoms with Crippen LogP contribution < -0.4 is 11.5 Å². The van der Waals surface area contributed by atoms with Crippen LogP contribution in [0.3, 0.4) is 0 Å². The predicted molar refractivity (Wildman–Crippen MR) is 122 cm³/mol. The van der Waals surface area contributed by atoms with Gasteiger partial charge >= 0.3 is 0 Å². The molecule has 0 unspecified atom stereocenters. The third-order valence-electron chi connectivity index (χ3n) is 5.72. The fourth-order valence-electron chi connectivity index (χ4n) is 4.26. The Morgan fingerprint density at radius 2 is 1.07 bits per heavy atom. The first-order valence-corrected chi connectivity index (χ1v) is 9.36. The normalized spacial score (nSPS) is 11.9. The van der Waals surface area contributed by atoms with Crippen LogP contribution in [0.2, 0.25) is 0 Å². The molecule has 0 aliphatic carbocycles. The number of hydrogen-bond donors (Lipinski definition) is 2. The quantitative estimate of drug-likeness (QED) is 0.187. The van der Waals surface area contributed by atoms with E-state index in [0.717, 1.165) is 10.8 Å². The summed E-state index contributed by atoms with van der Waals surface area (Å²) in [5, 5.41) is 12.0. The summed E-state index contributed by atoms with van der Waals surface area (Å²) in [4.78, 5) is 0. The molecule has 131 valence electrons. The fraction of sp³-hybridized carbons (Fsp3) is 0. The van der Waals surface area contributed by atoms with Crippen LogP contribution in [-0.2, 0) is 0 Å². The van der Waals surface area contributed by atoms with Crippen molar-refractivity contribution in [3.8, 4) is 0 Å². The molecule has 2 nitrogen and oxygen atoms in total. The largest absolute Gasteiger partial charge is 0.397 e. The number of rotatable bonds is 0. The van der Waals surface area contributed by atoms with E-state index in [4.69, 9.17) is 11.5 Å². The third kappa shape index (κ3) is 2.15. The zero-order chi connectivity index (χ0) is 18.8. The van der Waals surface area contributed by atoms with Gasteiger partial charge in [-0.2, -0.15) is 0 Å². The number of nitrogens with two attached hydrogens (primary N) is 2. The minimum atomic E-state index is 0.504. The summed E-state index contributed by atoms with van der Waals surface area (Å²) in [7, 11) is 0. The summed E-state index contributed by atoms with van der Waals surface area (Å²) in [5.74, 6) is 0. The molecular formula is C26H17N2. The maximum atomic E-state index is 5.99. The van der Waals surface area contributed by atoms with Gasteiger partial charge in [-0.3, -0.25) is 0 Å². The Bertz CT molecular complexity index is 1580. The molecule has 4 N–H and O–H groups in total. The van der Waals surface area contributed by atoms with Crippen molar-refractivity contribution in [1.29, 1.82) is 0 Å². The van der Waals surface area contributed by atoms with Crippen LogP contribution in [0.4, 0.5) is 11.4 Å². The van der Waals surface area contributed by atoms with E-state index >= 15 is 0 Å². The molecule has 0 heterocycles. The molecule has 0 saturated carbocycles. The van der Waals surface area contributed by atoms with Gasteiger partial charge in [-0.15, -0.1) is 0 Å². The zero-order valence-electron chi connectivity index (χ0n) is 15.2. The number of anilines is 2. The molecule has 0 spiro atoms. The van der Waals surface area contributed by atoms with Crippen LogP contribution >= 0.6 is 0 Å². The van der Waals surface area contributed by atoms with Crippen LogP contribution in [0.25, 0.3) is 53.9 Å². The molecule has 1 radical (unpaired) electrons. The second kappa shape index (κ2) is 5.37. The Morgan fingerprint density at radius 3 is 1.79 bits per heavy atom. The lowest BCUT2D eigenvalue weighted by atomic mass is 9.94. The van der Waals surface area contributed by atoms with Crippen molar-refractivity contribution in [3.63, 3.8) is 0 Å². The molecule has 6 aromatic carbocycles. The van der Waals surface area contributed by atoms with Gasteiger partial charge in [-0.05, 0) is 96.3 Å². The van der Waals surface area contributed by atoms with Crippen LogP contribution in [0.5, 0.6) is 0 Å². The lowest BCUT2D eigenvalue weighted by molar-refractivity contribution is 1.71. The topological polar surface area (TPSA) is 52.0 Å². The van der Waals surface area contributed by atoms with E-state index in [-0.39, 0.29) is 0 Å². The van der Waals surface area contributed by atoms with Crippen molar-refractivity contribution in [1.82, 2.24) is 0 Å². The predicted octanol–water partition coefficient (Wildman–Crippen LogP) is 6.42. The molecule has 0 aliphatic heterocycles. The van der Waals surface area contributed by atoms with Crippen LogP contribution in [0.1, 0.15) is 0 Å². The van der Waals surface area contributed by atoms with Gasteiger partial charge < -0.3 is 11.5 Å². The molecule has 0 bridgehead atoms. The summed E-state index contributed by atoms with van der Waals surface area (Å²) in [6.07, 6.45) is 0. The Hall–Kier alpha value is -3.78. The molecule has 0 aromatic heterocycles. The molecule has 0 amide bonds. The molecule has 0 aliphatic rings. The van der Waals surface area contributed by atoms with Crippen LogP contribution in [0, 0.1) is 6.07 Å². The fourth-order valence-corrected chi connectivity index (χ4v) is 4.26. The highest BCUT2D eigenvalue weighted by atomic mass is 14.7. The Morgan fingerprint density at radius 1 is 0.500 bits per heavy atom. The van der Waals surface area contributed by atoms with Gasteiger partial charge in [0.1, 0.15) is 0 Å². The van der Waals surface area contributed by atoms with E-state index < -0.39 is 0 Å². The van der Waals surface area contributed by atoms with Gasteiger partial charge in [0.15, 0.2) is 0 Å². The Labute approximate surface area is 162 Å². The van der Waals surface area contributed by atoms with Gasteiger partial charge in [0.25, 0.3) is 0 Å². The second-order valence-corrected chi connectivity index (χ2v) is 7.48. The summed E-state index contributed by atoms with van der Waals surface area (Å²) in [5.41, 5.74) is 13.0. The minimum Gasteiger partial charge on any atom is -0.397 e. The monoisotopic (exact) mass is 357 g/mol. The van der Waals surface area contributed by atoms with E-state index in [1.807, 2.05) is 6.07 Å². The van der Waals surface area contributed by atoms with Gasteiger partial charge in [-0.25, -0.2) is 0 Å². The van der Waals surface area contributed by atoms with E-state index in [0.29, 0.717) is 11.4 Å². The number of fused-ring (bicyclic) bond motifs is 6. The van der Waals surface area contributed by atoms with E-state index in [1.54, 1.807) is 0 Å². The SMILES string of the molecule is Nc1[c]c2cc3c(ccc4cc5cc6ccccc6cc5cc43)cc2cc1N. The summed E-state index contributed by atoms with van der Waals surface area (Å²) >= 11 is 0. The van der Waals surface area contributed by atoms with Gasteiger partial charge in [-0.1, -0.05) is 36.4 Å². The van der Waals surface area contributed by atoms with E-state index in [9.17, 15) is 0 Å². The van der Waals surface area contributed by atoms with Crippen molar-refractivity contribution in [2.45, 2.75) is 0 Å². The van der Waals surface area contributed by atoms with Gasteiger partial charge in [0.2, 0.25) is 0 Å². The summed E-state index contributed by atoms with van der Waals surface area (Å²) in [6, 6.07) is 31.5. The van der Waals surface area contributed by atoms with Crippen molar-refractivity contribution in [2.24, 2.45) is 0 Å². The van der Waals surface area contributed by atoms with Crippen molar-refractivity contribution >= 4 is 65.2 Å². The van der Waals surface area contributed by atoms with Crippen molar-refractivity contribution in [3.05, 3.63) is 84.9 Å². The highest BCUT2D eigenvalue weighted by molar-refractivity contribution is 6.16. The highest BCUT2D eigenvalue weighted by Crippen LogP contribution is 2.34. The lowest BCUT2D eigenvalue weighted by Gasteiger charge is -2.10. The smallest absolute Gasteiger partial charge is 0.0634 e. The average molecular weight is 357 g/mol. The summed E-state index contributed by atoms with van der Waals surface area (Å²) in [6.45, 7) is 0. The Kier molecular flexibility index (Phi) is 2.93. The second-order valence-electron chi connectivity index (χ2n) is 7.48. The van der Waals surface area contributed by atoms with Gasteiger partial charge in [0, 0.05) is 6.07 Å². The maximum absolute atomic E-state index is 5.99. The first-order valence-electron chi connectivity index (χ1n) is 9.36. The molecule has 0 atom stereocenters. The van der Waals surface area contributed by atoms with E-state index in [1.165, 1.54) is 43.1 Å². The molecular weight excluding hydrogens is 340 g/mol. The average Bonchev–Trinajstić information content (AvgIpc) is 2.70. The van der Waals surface area contributed by atoms with Crippen LogP contribution in [-0.4, -0.2) is 0 Å². The maximum Gasteiger partial charge on any atom is 0.0634 e. The van der Waals surface area contributed by atoms with Crippen LogP contribution in [0.15, 0.2) is 78.9 Å². The third-order valence-corrected chi connectivity index (χ3v) is 5.72. The highest BCUT2D eigenvalue weighted by Gasteiger charge is 2.07. The first kappa shape index (κ1) is 15.3. The number of nitrogen functional groups attached to an aromatic ring is 2. The lowest BCUT2D eigenvalue weighted by Crippen LogP contribution is -1.94. The number of benzene rings is 6. The molecule has 0 fully saturated rings.